The molecule has 0 aliphatic rings. The fraction of sp³-hybridized carbons (Fsp3) is 0.933. The minimum absolute atomic E-state index is 0.0821. The molecule has 116 valence electrons. The molecule has 0 unspecified atom stereocenters. The SMILES string of the molecule is CCCP(CCC)(CCC)(CCC)OC(=O)COC. The molecule has 3 nitrogen and oxygen atoms in total. The second-order valence-electron chi connectivity index (χ2n) is 5.65. The molecule has 19 heavy (non-hydrogen) atoms. The Balaban J connectivity index is 5.35. The Hall–Kier alpha value is -0.140. The van der Waals surface area contributed by atoms with E-state index in [0.717, 1.165) is 50.3 Å². The van der Waals surface area contributed by atoms with Gasteiger partial charge >= 0.3 is 119 Å². The van der Waals surface area contributed by atoms with Gasteiger partial charge < -0.3 is 0 Å². The molecule has 0 aliphatic carbocycles. The van der Waals surface area contributed by atoms with E-state index in [0.29, 0.717) is 0 Å². The van der Waals surface area contributed by atoms with Crippen LogP contribution in [0.15, 0.2) is 0 Å². The molecule has 0 fully saturated rings. The average molecular weight is 292 g/mol. The molecule has 0 radical (unpaired) electrons. The van der Waals surface area contributed by atoms with Crippen LogP contribution >= 0.6 is 6.83 Å². The van der Waals surface area contributed by atoms with E-state index < -0.39 is 6.83 Å². The maximum atomic E-state index is 12.0. The maximum absolute atomic E-state index is 12.0. The van der Waals surface area contributed by atoms with Crippen LogP contribution in [0.1, 0.15) is 53.4 Å². The van der Waals surface area contributed by atoms with Crippen molar-refractivity contribution in [1.82, 2.24) is 0 Å². The summed E-state index contributed by atoms with van der Waals surface area (Å²) in [6.45, 7) is 6.53. The van der Waals surface area contributed by atoms with Crippen molar-refractivity contribution in [3.05, 3.63) is 0 Å². The molecule has 0 rings (SSSR count). The van der Waals surface area contributed by atoms with E-state index in [4.69, 9.17) is 9.26 Å². The van der Waals surface area contributed by atoms with Crippen molar-refractivity contribution < 1.29 is 14.1 Å². The second-order valence-corrected chi connectivity index (χ2v) is 11.3. The number of hydrogen-bond acceptors (Lipinski definition) is 3. The zero-order chi connectivity index (χ0) is 14.8. The van der Waals surface area contributed by atoms with Gasteiger partial charge in [0.25, 0.3) is 0 Å². The van der Waals surface area contributed by atoms with Gasteiger partial charge in [0.05, 0.1) is 0 Å². The summed E-state index contributed by atoms with van der Waals surface area (Å²) in [6, 6.07) is 0. The van der Waals surface area contributed by atoms with Gasteiger partial charge in [-0.15, -0.1) is 0 Å². The Morgan fingerprint density at radius 2 is 1.21 bits per heavy atom. The summed E-state index contributed by atoms with van der Waals surface area (Å²) in [4.78, 5) is 12.0. The van der Waals surface area contributed by atoms with Gasteiger partial charge in [-0.1, -0.05) is 0 Å². The van der Waals surface area contributed by atoms with E-state index in [-0.39, 0.29) is 12.6 Å². The molecule has 0 aromatic carbocycles. The van der Waals surface area contributed by atoms with E-state index in [1.807, 2.05) is 0 Å². The number of carbonyl (C=O) groups excluding carboxylic acids is 1. The molecule has 0 bridgehead atoms. The molecule has 0 aliphatic heterocycles. The van der Waals surface area contributed by atoms with Crippen LogP contribution in [-0.2, 0) is 14.1 Å². The molecule has 0 N–H and O–H groups in total. The Kier molecular flexibility index (Phi) is 8.85. The third kappa shape index (κ3) is 5.39. The number of ether oxygens (including phenoxy) is 1. The van der Waals surface area contributed by atoms with Gasteiger partial charge in [0, 0.05) is 0 Å². The predicted octanol–water partition coefficient (Wildman–Crippen LogP) is 4.28. The summed E-state index contributed by atoms with van der Waals surface area (Å²) in [5, 5.41) is 0. The van der Waals surface area contributed by atoms with Crippen molar-refractivity contribution >= 4 is 12.8 Å². The molecule has 0 spiro atoms. The van der Waals surface area contributed by atoms with Gasteiger partial charge in [0.2, 0.25) is 0 Å². The van der Waals surface area contributed by atoms with Crippen LogP contribution in [0.5, 0.6) is 0 Å². The van der Waals surface area contributed by atoms with Crippen LogP contribution in [0.3, 0.4) is 0 Å². The average Bonchev–Trinajstić information content (AvgIpc) is 2.30. The fourth-order valence-electron chi connectivity index (χ4n) is 3.55. The third-order valence-corrected chi connectivity index (χ3v) is 10.8. The molecule has 0 heterocycles. The van der Waals surface area contributed by atoms with Crippen LogP contribution in [0, 0.1) is 0 Å². The Bertz CT molecular complexity index is 231. The second kappa shape index (κ2) is 8.92. The zero-order valence-electron chi connectivity index (χ0n) is 13.5. The summed E-state index contributed by atoms with van der Waals surface area (Å²) >= 11 is 0. The van der Waals surface area contributed by atoms with E-state index >= 15 is 0 Å². The van der Waals surface area contributed by atoms with Crippen LogP contribution in [0.4, 0.5) is 0 Å². The van der Waals surface area contributed by atoms with Gasteiger partial charge in [0.15, 0.2) is 0 Å². The van der Waals surface area contributed by atoms with Crippen molar-refractivity contribution in [3.63, 3.8) is 0 Å². The summed E-state index contributed by atoms with van der Waals surface area (Å²) in [6.07, 6.45) is 8.70. The first kappa shape index (κ1) is 18.9. The number of carbonyl (C=O) groups is 1. The van der Waals surface area contributed by atoms with Gasteiger partial charge in [0.1, 0.15) is 0 Å². The van der Waals surface area contributed by atoms with Gasteiger partial charge in [-0.05, 0) is 0 Å². The van der Waals surface area contributed by atoms with Crippen LogP contribution in [0.2, 0.25) is 0 Å². The molecule has 4 heteroatoms. The number of rotatable bonds is 11. The van der Waals surface area contributed by atoms with Crippen LogP contribution < -0.4 is 0 Å². The molecule has 0 atom stereocenters. The third-order valence-electron chi connectivity index (χ3n) is 3.78. The topological polar surface area (TPSA) is 35.5 Å². The number of hydrogen-bond donors (Lipinski definition) is 0. The molecular formula is C15H33O3P. The normalized spacial score (nSPS) is 13.8. The van der Waals surface area contributed by atoms with Gasteiger partial charge in [-0.2, -0.15) is 0 Å². The summed E-state index contributed by atoms with van der Waals surface area (Å²) in [5.74, 6) is -0.163. The quantitative estimate of drug-likeness (QED) is 0.533. The van der Waals surface area contributed by atoms with E-state index in [9.17, 15) is 4.79 Å². The van der Waals surface area contributed by atoms with Gasteiger partial charge in [-0.3, -0.25) is 0 Å². The summed E-state index contributed by atoms with van der Waals surface area (Å²) in [7, 11) is 1.55. The molecule has 0 aromatic rings. The summed E-state index contributed by atoms with van der Waals surface area (Å²) in [5.41, 5.74) is 0. The van der Waals surface area contributed by atoms with E-state index in [1.165, 1.54) is 0 Å². The molecule has 0 aromatic heterocycles. The number of methoxy groups -OCH3 is 1. The monoisotopic (exact) mass is 292 g/mol. The van der Waals surface area contributed by atoms with Crippen molar-refractivity contribution in [2.75, 3.05) is 38.4 Å². The van der Waals surface area contributed by atoms with E-state index in [1.54, 1.807) is 7.11 Å². The van der Waals surface area contributed by atoms with Crippen molar-refractivity contribution in [2.45, 2.75) is 53.4 Å². The first-order valence-corrected chi connectivity index (χ1v) is 10.6. The van der Waals surface area contributed by atoms with Crippen LogP contribution in [0.25, 0.3) is 0 Å². The molecular weight excluding hydrogens is 259 g/mol. The van der Waals surface area contributed by atoms with E-state index in [2.05, 4.69) is 27.7 Å². The Morgan fingerprint density at radius 3 is 1.47 bits per heavy atom. The predicted molar refractivity (Wildman–Crippen MR) is 85.5 cm³/mol. The summed E-state index contributed by atoms with van der Waals surface area (Å²) < 4.78 is 11.1. The first-order valence-electron chi connectivity index (χ1n) is 7.73. The van der Waals surface area contributed by atoms with Crippen LogP contribution in [-0.4, -0.2) is 44.3 Å². The Morgan fingerprint density at radius 1 is 0.842 bits per heavy atom. The standard InChI is InChI=1S/C15H33O3P/c1-6-10-19(11-7-2,12-8-3,13-9-4)18-15(16)14-17-5/h6-14H2,1-5H3. The minimum atomic E-state index is -2.36. The van der Waals surface area contributed by atoms with Crippen molar-refractivity contribution in [3.8, 4) is 0 Å². The molecule has 0 saturated carbocycles. The molecule has 0 saturated heterocycles. The van der Waals surface area contributed by atoms with Gasteiger partial charge in [-0.25, -0.2) is 0 Å². The molecule has 0 amide bonds. The van der Waals surface area contributed by atoms with Crippen molar-refractivity contribution in [2.24, 2.45) is 0 Å². The Labute approximate surface area is 119 Å². The fourth-order valence-corrected chi connectivity index (χ4v) is 10.4. The first-order chi connectivity index (χ1) is 9.01. The zero-order valence-corrected chi connectivity index (χ0v) is 14.4. The van der Waals surface area contributed by atoms with Crippen molar-refractivity contribution in [1.29, 1.82) is 0 Å².